The summed E-state index contributed by atoms with van der Waals surface area (Å²) in [6.07, 6.45) is 13.0. The van der Waals surface area contributed by atoms with Crippen LogP contribution < -0.4 is 61.5 Å². The van der Waals surface area contributed by atoms with Crippen molar-refractivity contribution in [2.75, 3.05) is 158 Å². The molecule has 0 aliphatic carbocycles. The molecule has 5 heterocycles. The number of carbonyl (C=O) groups is 4. The molecule has 0 atom stereocenters. The van der Waals surface area contributed by atoms with Crippen LogP contribution in [-0.2, 0) is 53.1 Å². The summed E-state index contributed by atoms with van der Waals surface area (Å²) >= 11 is 0. The van der Waals surface area contributed by atoms with E-state index in [1.165, 1.54) is 0 Å². The molecule has 2 aliphatic heterocycles. The number of aromatic amines is 2. The Bertz CT molecular complexity index is 4200. The monoisotopic (exact) mass is 1890 g/mol. The standard InChI is InChI=1S/C96H142N12O20Si4/c1-13-117-129(118-14-2,119-15-3)69-29-61-101-93(109)97-57-25-65-113-77-41-33-73(34-42-77)89-81-49-51-83(105-81)90(74-35-43-78(44-36-74)114-66-26-58-98-94(110)102-62-30-70-130(120-16-4,121-17-5)122-18-6)85-53-55-87(107-85)92(76-39-47-80(48-40-76)116-68-28-60-100-96(112)104-64-32-72-132(126-22-10,127-23-11)128-24-12)88-56-54-86(108-88)91(84-52-50-82(89)106-84)75-37-45-79(46-38-75)115-67-27-59-99-95(111)103-63-31-71-131(123-19-7,124-20-8)125-21-9/h33-56,105,108H,13-32,57-72H2,1-12H3,(H2,97,101,109)(H2,98,102,110)(H2,99,103,111)(H2,100,104,112). The molecule has 32 nitrogen and oxygen atoms in total. The van der Waals surface area contributed by atoms with E-state index in [-0.39, 0.29) is 24.1 Å². The lowest BCUT2D eigenvalue weighted by molar-refractivity contribution is 0.0700. The molecule has 3 aromatic heterocycles. The number of amides is 8. The lowest BCUT2D eigenvalue weighted by Gasteiger charge is -2.28. The maximum Gasteiger partial charge on any atom is 0.500 e. The predicted octanol–water partition coefficient (Wildman–Crippen LogP) is 17.3. The smallest absolute Gasteiger partial charge is 0.494 e. The van der Waals surface area contributed by atoms with Gasteiger partial charge in [-0.3, -0.25) is 0 Å². The maximum absolute atomic E-state index is 12.9. The lowest BCUT2D eigenvalue weighted by atomic mass is 10.0. The maximum atomic E-state index is 12.9. The van der Waals surface area contributed by atoms with Gasteiger partial charge in [-0.25, -0.2) is 29.1 Å². The fourth-order valence-corrected chi connectivity index (χ4v) is 25.9. The fourth-order valence-electron chi connectivity index (χ4n) is 15.4. The van der Waals surface area contributed by atoms with Crippen molar-refractivity contribution in [2.45, 2.75) is 159 Å². The topological polar surface area (TPSA) is 370 Å². The molecule has 132 heavy (non-hydrogen) atoms. The van der Waals surface area contributed by atoms with Crippen molar-refractivity contribution in [3.63, 3.8) is 0 Å². The summed E-state index contributed by atoms with van der Waals surface area (Å²) in [5.74, 6) is 2.61. The van der Waals surface area contributed by atoms with Gasteiger partial charge in [0.15, 0.2) is 0 Å². The van der Waals surface area contributed by atoms with E-state index in [0.29, 0.717) is 279 Å². The second-order valence-electron chi connectivity index (χ2n) is 30.5. The Morgan fingerprint density at radius 2 is 0.409 bits per heavy atom. The van der Waals surface area contributed by atoms with E-state index >= 15 is 0 Å². The second kappa shape index (κ2) is 57.7. The number of fused-ring (bicyclic) bond motifs is 8. The summed E-state index contributed by atoms with van der Waals surface area (Å²) in [7, 11) is -11.3. The number of nitrogens with zero attached hydrogens (tertiary/aromatic N) is 2. The number of hydrogen-bond acceptors (Lipinski definition) is 22. The third-order valence-corrected chi connectivity index (χ3v) is 33.6. The molecule has 4 aromatic carbocycles. The highest BCUT2D eigenvalue weighted by Gasteiger charge is 2.43. The van der Waals surface area contributed by atoms with Crippen molar-refractivity contribution in [2.24, 2.45) is 0 Å². The molecule has 9 rings (SSSR count). The highest BCUT2D eigenvalue weighted by Crippen LogP contribution is 2.41. The summed E-state index contributed by atoms with van der Waals surface area (Å²) in [6, 6.07) is 41.5. The first kappa shape index (κ1) is 106. The molecule has 0 fully saturated rings. The summed E-state index contributed by atoms with van der Waals surface area (Å²) < 4.78 is 97.3. The first-order chi connectivity index (χ1) is 64.4. The number of aromatic nitrogens is 4. The third-order valence-electron chi connectivity index (χ3n) is 21.0. The molecule has 7 aromatic rings. The highest BCUT2D eigenvalue weighted by molar-refractivity contribution is 6.62. The molecule has 8 amide bonds. The molecule has 2 aliphatic rings. The van der Waals surface area contributed by atoms with Crippen molar-refractivity contribution in [1.29, 1.82) is 0 Å². The van der Waals surface area contributed by atoms with E-state index in [4.69, 9.17) is 82.0 Å². The van der Waals surface area contributed by atoms with Crippen LogP contribution in [0.4, 0.5) is 19.2 Å². The number of carbonyl (C=O) groups excluding carboxylic acids is 4. The van der Waals surface area contributed by atoms with Gasteiger partial charge in [0.25, 0.3) is 0 Å². The van der Waals surface area contributed by atoms with E-state index < -0.39 is 35.2 Å². The van der Waals surface area contributed by atoms with E-state index in [1.807, 2.05) is 204 Å². The number of benzene rings is 4. The Kier molecular flexibility index (Phi) is 46.2. The minimum atomic E-state index is -2.83. The predicted molar refractivity (Wildman–Crippen MR) is 527 cm³/mol. The molecule has 8 bridgehead atoms. The van der Waals surface area contributed by atoms with Crippen molar-refractivity contribution >= 4 is 106 Å². The van der Waals surface area contributed by atoms with E-state index in [9.17, 15) is 19.2 Å². The molecular weight excluding hydrogens is 1750 g/mol. The van der Waals surface area contributed by atoms with Gasteiger partial charge in [0, 0.05) is 200 Å². The first-order valence-corrected chi connectivity index (χ1v) is 55.0. The number of H-pyrrole nitrogens is 2. The van der Waals surface area contributed by atoms with Crippen molar-refractivity contribution in [3.05, 3.63) is 144 Å². The van der Waals surface area contributed by atoms with Gasteiger partial charge < -0.3 is 125 Å². The zero-order valence-corrected chi connectivity index (χ0v) is 83.4. The van der Waals surface area contributed by atoms with Crippen LogP contribution in [0.25, 0.3) is 90.9 Å². The number of urea groups is 4. The molecule has 0 saturated heterocycles. The molecular formula is C96H142N12O20Si4. The molecule has 10 N–H and O–H groups in total. The van der Waals surface area contributed by atoms with Crippen LogP contribution in [0.1, 0.15) is 157 Å². The van der Waals surface area contributed by atoms with Crippen molar-refractivity contribution in [1.82, 2.24) is 62.5 Å². The normalized spacial score (nSPS) is 12.1. The van der Waals surface area contributed by atoms with Crippen LogP contribution in [0, 0.1) is 0 Å². The summed E-state index contributed by atoms with van der Waals surface area (Å²) in [5, 5.41) is 23.6. The van der Waals surface area contributed by atoms with Gasteiger partial charge in [-0.2, -0.15) is 0 Å². The molecule has 0 spiro atoms. The molecule has 722 valence electrons. The zero-order valence-electron chi connectivity index (χ0n) is 79.4. The highest BCUT2D eigenvalue weighted by atomic mass is 28.4. The summed E-state index contributed by atoms with van der Waals surface area (Å²) in [6.45, 7) is 33.8. The van der Waals surface area contributed by atoms with Crippen LogP contribution in [0.3, 0.4) is 0 Å². The average Bonchev–Trinajstić information content (AvgIpc) is 1.61. The number of ether oxygens (including phenoxy) is 4. The molecule has 36 heteroatoms. The summed E-state index contributed by atoms with van der Waals surface area (Å²) in [5.41, 5.74) is 12.7. The van der Waals surface area contributed by atoms with Crippen LogP contribution in [0.5, 0.6) is 23.0 Å². The van der Waals surface area contributed by atoms with Gasteiger partial charge in [0.05, 0.1) is 49.2 Å². The molecule has 0 radical (unpaired) electrons. The zero-order chi connectivity index (χ0) is 94.1. The minimum absolute atomic E-state index is 0.266. The minimum Gasteiger partial charge on any atom is -0.494 e. The Balaban J connectivity index is 1.01. The lowest BCUT2D eigenvalue weighted by Crippen LogP contribution is -2.46. The van der Waals surface area contributed by atoms with Gasteiger partial charge in [-0.15, -0.1) is 0 Å². The summed E-state index contributed by atoms with van der Waals surface area (Å²) in [4.78, 5) is 70.6. The number of hydrogen-bond donors (Lipinski definition) is 10. The largest absolute Gasteiger partial charge is 0.500 e. The molecule has 0 unspecified atom stereocenters. The van der Waals surface area contributed by atoms with Crippen LogP contribution in [0.15, 0.2) is 121 Å². The second-order valence-corrected chi connectivity index (χ2v) is 41.4. The fraction of sp³-hybridized carbons (Fsp3) is 0.500. The Morgan fingerprint density at radius 3 is 0.576 bits per heavy atom. The number of rotatable bonds is 64. The van der Waals surface area contributed by atoms with Gasteiger partial charge in [0.1, 0.15) is 23.0 Å². The average molecular weight is 1900 g/mol. The number of nitrogens with one attached hydrogen (secondary N) is 10. The van der Waals surface area contributed by atoms with E-state index in [0.717, 1.165) is 66.6 Å². The Morgan fingerprint density at radius 1 is 0.242 bits per heavy atom. The van der Waals surface area contributed by atoms with Crippen LogP contribution in [0.2, 0.25) is 24.2 Å². The van der Waals surface area contributed by atoms with Gasteiger partial charge in [-0.05, 0) is 254 Å². The Labute approximate surface area is 783 Å². The van der Waals surface area contributed by atoms with E-state index in [1.54, 1.807) is 0 Å². The van der Waals surface area contributed by atoms with Gasteiger partial charge in [-0.1, -0.05) is 48.5 Å². The van der Waals surface area contributed by atoms with Gasteiger partial charge >= 0.3 is 59.3 Å². The quantitative estimate of drug-likeness (QED) is 0.0125. The Hall–Kier alpha value is -9.85. The van der Waals surface area contributed by atoms with Crippen LogP contribution in [-0.4, -0.2) is 237 Å². The SMILES string of the molecule is CCO[Si](CCCNC(=O)NCCCOc1ccc(-c2c3nc(c(-c4ccc(OCCCNC(=O)NCCC[Si](OCC)(OCC)OCC)cc4)c4ccc([nH]4)c(-c4ccc(OCCCNC(=O)NCCC[Si](OCC)(OCC)OCC)cc4)c4nc(c(-c5ccc(OCCCNC(=O)NCCC[Si](OCC)(OCC)OCC)cc5)c5ccc2[nH]5)C=C4)C=C3)cc1)(OCC)OCC. The first-order valence-electron chi connectivity index (χ1n) is 47.3. The molecule has 0 saturated carbocycles. The van der Waals surface area contributed by atoms with Crippen molar-refractivity contribution < 1.29 is 91.2 Å². The van der Waals surface area contributed by atoms with Crippen molar-refractivity contribution in [3.8, 4) is 67.5 Å². The third kappa shape index (κ3) is 33.4. The van der Waals surface area contributed by atoms with Gasteiger partial charge in [0.2, 0.25) is 0 Å². The van der Waals surface area contributed by atoms with E-state index in [2.05, 4.69) is 76.8 Å². The van der Waals surface area contributed by atoms with Crippen LogP contribution >= 0.6 is 0 Å².